The zero-order valence-corrected chi connectivity index (χ0v) is 14.7. The minimum absolute atomic E-state index is 0.140. The number of ether oxygens (including phenoxy) is 1. The van der Waals surface area contributed by atoms with Crippen LogP contribution in [0.5, 0.6) is 5.88 Å². The molecule has 2 aromatic carbocycles. The molecule has 0 aliphatic heterocycles. The van der Waals surface area contributed by atoms with Crippen LogP contribution in [0.1, 0.15) is 6.92 Å². The molecule has 8 heteroatoms. The smallest absolute Gasteiger partial charge is 0.261 e. The van der Waals surface area contributed by atoms with E-state index in [4.69, 9.17) is 4.74 Å². The summed E-state index contributed by atoms with van der Waals surface area (Å²) in [6.45, 7) is 2.37. The van der Waals surface area contributed by atoms with Gasteiger partial charge in [-0.15, -0.1) is 10.2 Å². The summed E-state index contributed by atoms with van der Waals surface area (Å²) in [5.41, 5.74) is 1.76. The van der Waals surface area contributed by atoms with Crippen molar-refractivity contribution in [1.29, 1.82) is 0 Å². The number of hydrogen-bond acceptors (Lipinski definition) is 5. The Kier molecular flexibility index (Phi) is 5.13. The zero-order chi connectivity index (χ0) is 18.6. The monoisotopic (exact) mass is 373 g/mol. The van der Waals surface area contributed by atoms with Crippen LogP contribution in [0, 0.1) is 5.82 Å². The first-order chi connectivity index (χ1) is 12.5. The number of nitrogens with zero attached hydrogens (tertiary/aromatic N) is 2. The van der Waals surface area contributed by atoms with Gasteiger partial charge in [-0.3, -0.25) is 4.72 Å². The molecule has 0 saturated carbocycles. The molecule has 0 atom stereocenters. The molecule has 0 bridgehead atoms. The highest BCUT2D eigenvalue weighted by Crippen LogP contribution is 2.22. The van der Waals surface area contributed by atoms with Gasteiger partial charge < -0.3 is 4.74 Å². The van der Waals surface area contributed by atoms with E-state index in [0.717, 1.165) is 11.6 Å². The molecule has 1 N–H and O–H groups in total. The Morgan fingerprint density at radius 2 is 1.81 bits per heavy atom. The molecule has 0 unspecified atom stereocenters. The van der Waals surface area contributed by atoms with E-state index in [2.05, 4.69) is 14.9 Å². The second-order valence-corrected chi connectivity index (χ2v) is 7.01. The van der Waals surface area contributed by atoms with Crippen LogP contribution >= 0.6 is 0 Å². The van der Waals surface area contributed by atoms with Crippen LogP contribution in [-0.2, 0) is 10.0 Å². The van der Waals surface area contributed by atoms with E-state index in [9.17, 15) is 12.8 Å². The molecule has 3 aromatic rings. The Morgan fingerprint density at radius 1 is 1.04 bits per heavy atom. The Labute approximate surface area is 150 Å². The van der Waals surface area contributed by atoms with Gasteiger partial charge in [-0.25, -0.2) is 12.8 Å². The van der Waals surface area contributed by atoms with Gasteiger partial charge >= 0.3 is 0 Å². The van der Waals surface area contributed by atoms with Crippen molar-refractivity contribution in [1.82, 2.24) is 10.2 Å². The minimum atomic E-state index is -3.86. The fourth-order valence-corrected chi connectivity index (χ4v) is 3.35. The van der Waals surface area contributed by atoms with Crippen molar-refractivity contribution < 1.29 is 17.5 Å². The maximum Gasteiger partial charge on any atom is 0.261 e. The highest BCUT2D eigenvalue weighted by molar-refractivity contribution is 7.92. The van der Waals surface area contributed by atoms with E-state index in [0.29, 0.717) is 23.9 Å². The van der Waals surface area contributed by atoms with Gasteiger partial charge in [-0.05, 0) is 43.3 Å². The topological polar surface area (TPSA) is 81.2 Å². The highest BCUT2D eigenvalue weighted by Gasteiger charge is 2.15. The van der Waals surface area contributed by atoms with E-state index in [-0.39, 0.29) is 4.90 Å². The molecule has 134 valence electrons. The molecule has 1 aromatic heterocycles. The van der Waals surface area contributed by atoms with Crippen LogP contribution in [-0.4, -0.2) is 25.2 Å². The maximum absolute atomic E-state index is 13.2. The summed E-state index contributed by atoms with van der Waals surface area (Å²) >= 11 is 0. The fourth-order valence-electron chi connectivity index (χ4n) is 2.26. The second kappa shape index (κ2) is 7.49. The Hall–Kier alpha value is -3.00. The quantitative estimate of drug-likeness (QED) is 0.715. The predicted octanol–water partition coefficient (Wildman–Crippen LogP) is 3.48. The van der Waals surface area contributed by atoms with Gasteiger partial charge in [0.2, 0.25) is 5.88 Å². The first kappa shape index (κ1) is 17.8. The lowest BCUT2D eigenvalue weighted by Crippen LogP contribution is -2.13. The third-order valence-electron chi connectivity index (χ3n) is 3.47. The number of anilines is 1. The summed E-state index contributed by atoms with van der Waals surface area (Å²) in [5, 5.41) is 8.03. The maximum atomic E-state index is 13.2. The molecule has 0 fully saturated rings. The summed E-state index contributed by atoms with van der Waals surface area (Å²) in [4.78, 5) is -0.140. The second-order valence-electron chi connectivity index (χ2n) is 5.33. The molecule has 0 radical (unpaired) electrons. The van der Waals surface area contributed by atoms with Gasteiger partial charge in [0.15, 0.2) is 0 Å². The number of halogens is 1. The van der Waals surface area contributed by atoms with Gasteiger partial charge in [0.1, 0.15) is 5.82 Å². The summed E-state index contributed by atoms with van der Waals surface area (Å²) in [6.07, 6.45) is 0. The highest BCUT2D eigenvalue weighted by atomic mass is 32.2. The summed E-state index contributed by atoms with van der Waals surface area (Å²) in [7, 11) is -3.86. The van der Waals surface area contributed by atoms with Crippen molar-refractivity contribution >= 4 is 15.7 Å². The molecule has 6 nitrogen and oxygen atoms in total. The van der Waals surface area contributed by atoms with Crippen LogP contribution in [0.25, 0.3) is 11.3 Å². The van der Waals surface area contributed by atoms with E-state index >= 15 is 0 Å². The van der Waals surface area contributed by atoms with Gasteiger partial charge in [0.25, 0.3) is 10.0 Å². The van der Waals surface area contributed by atoms with E-state index in [1.807, 2.05) is 6.92 Å². The number of benzene rings is 2. The minimum Gasteiger partial charge on any atom is -0.477 e. The van der Waals surface area contributed by atoms with Crippen molar-refractivity contribution in [2.24, 2.45) is 0 Å². The average Bonchev–Trinajstić information content (AvgIpc) is 2.63. The number of aromatic nitrogens is 2. The molecule has 0 spiro atoms. The van der Waals surface area contributed by atoms with E-state index < -0.39 is 15.8 Å². The molecule has 1 heterocycles. The molecular weight excluding hydrogens is 357 g/mol. The van der Waals surface area contributed by atoms with Crippen LogP contribution in [0.3, 0.4) is 0 Å². The molecule has 0 amide bonds. The Balaban J connectivity index is 1.77. The number of hydrogen-bond donors (Lipinski definition) is 1. The molecule has 26 heavy (non-hydrogen) atoms. The zero-order valence-electron chi connectivity index (χ0n) is 13.9. The summed E-state index contributed by atoms with van der Waals surface area (Å²) < 4.78 is 45.5. The Bertz CT molecular complexity index is 991. The number of rotatable bonds is 6. The molecular formula is C18H16FN3O3S. The van der Waals surface area contributed by atoms with E-state index in [1.165, 1.54) is 18.2 Å². The van der Waals surface area contributed by atoms with E-state index in [1.54, 1.807) is 36.4 Å². The van der Waals surface area contributed by atoms with Crippen molar-refractivity contribution in [3.05, 3.63) is 66.5 Å². The summed E-state index contributed by atoms with van der Waals surface area (Å²) in [6, 6.07) is 14.9. The van der Waals surface area contributed by atoms with Gasteiger partial charge in [0.05, 0.1) is 17.2 Å². The number of sulfonamides is 1. The van der Waals surface area contributed by atoms with Gasteiger partial charge in [0, 0.05) is 17.3 Å². The molecule has 0 saturated heterocycles. The van der Waals surface area contributed by atoms with Crippen LogP contribution in [0.2, 0.25) is 0 Å². The number of nitrogens with one attached hydrogen (secondary N) is 1. The van der Waals surface area contributed by atoms with Crippen molar-refractivity contribution in [3.63, 3.8) is 0 Å². The standard InChI is InChI=1S/C18H16FN3O3S/c1-2-25-18-11-10-17(20-21-18)13-6-8-15(9-7-13)22-26(23,24)16-5-3-4-14(19)12-16/h3-12,22H,2H2,1H3. The lowest BCUT2D eigenvalue weighted by atomic mass is 10.1. The van der Waals surface area contributed by atoms with Crippen LogP contribution in [0.15, 0.2) is 65.6 Å². The first-order valence-electron chi connectivity index (χ1n) is 7.83. The third kappa shape index (κ3) is 4.15. The van der Waals surface area contributed by atoms with Crippen LogP contribution < -0.4 is 9.46 Å². The normalized spacial score (nSPS) is 11.2. The summed E-state index contributed by atoms with van der Waals surface area (Å²) in [5.74, 6) is -0.173. The largest absolute Gasteiger partial charge is 0.477 e. The fraction of sp³-hybridized carbons (Fsp3) is 0.111. The van der Waals surface area contributed by atoms with Crippen molar-refractivity contribution in [2.75, 3.05) is 11.3 Å². The molecule has 0 aliphatic carbocycles. The van der Waals surface area contributed by atoms with Crippen LogP contribution in [0.4, 0.5) is 10.1 Å². The third-order valence-corrected chi connectivity index (χ3v) is 4.85. The van der Waals surface area contributed by atoms with Crippen molar-refractivity contribution in [2.45, 2.75) is 11.8 Å². The van der Waals surface area contributed by atoms with Gasteiger partial charge in [-0.1, -0.05) is 18.2 Å². The Morgan fingerprint density at radius 3 is 2.42 bits per heavy atom. The van der Waals surface area contributed by atoms with Crippen molar-refractivity contribution in [3.8, 4) is 17.1 Å². The lowest BCUT2D eigenvalue weighted by molar-refractivity contribution is 0.323. The first-order valence-corrected chi connectivity index (χ1v) is 9.31. The van der Waals surface area contributed by atoms with Gasteiger partial charge in [-0.2, -0.15) is 0 Å². The molecule has 0 aliphatic rings. The lowest BCUT2D eigenvalue weighted by Gasteiger charge is -2.09. The molecule has 3 rings (SSSR count). The average molecular weight is 373 g/mol. The SMILES string of the molecule is CCOc1ccc(-c2ccc(NS(=O)(=O)c3cccc(F)c3)cc2)nn1. The predicted molar refractivity (Wildman–Crippen MR) is 95.8 cm³/mol.